The molecule has 1 atom stereocenters. The summed E-state index contributed by atoms with van der Waals surface area (Å²) >= 11 is 0. The zero-order chi connectivity index (χ0) is 19.5. The zero-order valence-electron chi connectivity index (χ0n) is 15.8. The van der Waals surface area contributed by atoms with E-state index >= 15 is 0 Å². The van der Waals surface area contributed by atoms with Crippen LogP contribution in [0.2, 0.25) is 0 Å². The Bertz CT molecular complexity index is 978. The summed E-state index contributed by atoms with van der Waals surface area (Å²) in [6, 6.07) is 7.71. The van der Waals surface area contributed by atoms with Gasteiger partial charge in [0.05, 0.1) is 22.3 Å². The minimum Gasteiger partial charge on any atom is -0.352 e. The first-order chi connectivity index (χ1) is 13.6. The monoisotopic (exact) mass is 382 g/mol. The molecule has 0 saturated carbocycles. The fourth-order valence-electron chi connectivity index (χ4n) is 3.70. The molecule has 0 radical (unpaired) electrons. The van der Waals surface area contributed by atoms with Crippen molar-refractivity contribution in [3.05, 3.63) is 47.4 Å². The van der Waals surface area contributed by atoms with Gasteiger partial charge in [0.2, 0.25) is 0 Å². The Morgan fingerprint density at radius 3 is 2.93 bits per heavy atom. The minimum absolute atomic E-state index is 0.175. The third-order valence-corrected chi connectivity index (χ3v) is 5.24. The summed E-state index contributed by atoms with van der Waals surface area (Å²) in [7, 11) is 0. The normalized spacial score (nSPS) is 17.0. The molecule has 1 unspecified atom stereocenters. The van der Waals surface area contributed by atoms with Crippen LogP contribution in [0.25, 0.3) is 22.4 Å². The largest absolute Gasteiger partial charge is 0.352 e. The summed E-state index contributed by atoms with van der Waals surface area (Å²) in [5.41, 5.74) is 2.66. The van der Waals surface area contributed by atoms with E-state index in [9.17, 15) is 9.18 Å². The van der Waals surface area contributed by atoms with E-state index in [2.05, 4.69) is 20.8 Å². The van der Waals surface area contributed by atoms with Crippen LogP contribution in [-0.4, -0.2) is 35.7 Å². The van der Waals surface area contributed by atoms with Gasteiger partial charge in [-0.3, -0.25) is 4.79 Å². The molecule has 6 nitrogen and oxygen atoms in total. The van der Waals surface area contributed by atoms with Gasteiger partial charge in [-0.1, -0.05) is 5.16 Å². The van der Waals surface area contributed by atoms with Gasteiger partial charge >= 0.3 is 0 Å². The average Bonchev–Trinajstić information content (AvgIpc) is 3.09. The maximum Gasteiger partial charge on any atom is 0.259 e. The van der Waals surface area contributed by atoms with Crippen molar-refractivity contribution in [1.82, 2.24) is 20.8 Å². The molecule has 0 spiro atoms. The molecule has 1 aromatic carbocycles. The molecule has 4 rings (SSSR count). The highest BCUT2D eigenvalue weighted by molar-refractivity contribution is 6.06. The van der Waals surface area contributed by atoms with Crippen LogP contribution in [0.15, 0.2) is 34.9 Å². The summed E-state index contributed by atoms with van der Waals surface area (Å²) < 4.78 is 18.5. The first-order valence-corrected chi connectivity index (χ1v) is 9.63. The molecule has 146 valence electrons. The number of amides is 1. The van der Waals surface area contributed by atoms with Crippen LogP contribution in [0.1, 0.15) is 35.3 Å². The summed E-state index contributed by atoms with van der Waals surface area (Å²) in [6.07, 6.45) is 3.33. The van der Waals surface area contributed by atoms with Crippen molar-refractivity contribution >= 4 is 17.0 Å². The number of nitrogens with one attached hydrogen (secondary N) is 2. The second-order valence-corrected chi connectivity index (χ2v) is 7.27. The lowest BCUT2D eigenvalue weighted by Crippen LogP contribution is -2.33. The van der Waals surface area contributed by atoms with Gasteiger partial charge in [-0.05, 0) is 75.5 Å². The summed E-state index contributed by atoms with van der Waals surface area (Å²) in [6.45, 7) is 4.49. The molecular weight excluding hydrogens is 359 g/mol. The van der Waals surface area contributed by atoms with Crippen LogP contribution < -0.4 is 10.6 Å². The minimum atomic E-state index is -0.324. The number of aromatic nitrogens is 2. The Morgan fingerprint density at radius 1 is 1.36 bits per heavy atom. The van der Waals surface area contributed by atoms with E-state index in [4.69, 9.17) is 4.52 Å². The number of piperidine rings is 1. The highest BCUT2D eigenvalue weighted by atomic mass is 19.1. The van der Waals surface area contributed by atoms with Gasteiger partial charge < -0.3 is 15.2 Å². The summed E-state index contributed by atoms with van der Waals surface area (Å²) in [5, 5.41) is 11.0. The number of halogens is 1. The van der Waals surface area contributed by atoms with E-state index in [0.717, 1.165) is 19.5 Å². The standard InChI is InChI=1S/C21H23FN4O2/c1-13-19-17(20(27)24-10-8-14-3-2-9-23-12-14)11-18(25-21(19)28-26-13)15-4-6-16(22)7-5-15/h4-7,11,14,23H,2-3,8-10,12H2,1H3,(H,24,27). The molecule has 28 heavy (non-hydrogen) atoms. The van der Waals surface area contributed by atoms with Crippen LogP contribution >= 0.6 is 0 Å². The van der Waals surface area contributed by atoms with E-state index in [0.29, 0.717) is 46.1 Å². The number of carbonyl (C=O) groups is 1. The number of rotatable bonds is 5. The summed E-state index contributed by atoms with van der Waals surface area (Å²) in [4.78, 5) is 17.4. The van der Waals surface area contributed by atoms with Gasteiger partial charge in [0.1, 0.15) is 5.82 Å². The van der Waals surface area contributed by atoms with Gasteiger partial charge in [-0.15, -0.1) is 0 Å². The summed E-state index contributed by atoms with van der Waals surface area (Å²) in [5.74, 6) is 0.0972. The lowest BCUT2D eigenvalue weighted by Gasteiger charge is -2.22. The molecule has 3 aromatic rings. The molecule has 1 amide bonds. The maximum atomic E-state index is 13.2. The Labute approximate surface area is 162 Å². The molecule has 2 aromatic heterocycles. The van der Waals surface area contributed by atoms with Gasteiger partial charge in [0, 0.05) is 12.1 Å². The lowest BCUT2D eigenvalue weighted by molar-refractivity contribution is 0.0952. The average molecular weight is 382 g/mol. The molecule has 7 heteroatoms. The molecule has 2 N–H and O–H groups in total. The molecule has 1 fully saturated rings. The number of benzene rings is 1. The van der Waals surface area contributed by atoms with Crippen molar-refractivity contribution in [1.29, 1.82) is 0 Å². The van der Waals surface area contributed by atoms with Crippen molar-refractivity contribution in [3.63, 3.8) is 0 Å². The van der Waals surface area contributed by atoms with Gasteiger partial charge in [-0.25, -0.2) is 9.37 Å². The number of hydrogen-bond acceptors (Lipinski definition) is 5. The van der Waals surface area contributed by atoms with Crippen LogP contribution in [0, 0.1) is 18.7 Å². The van der Waals surface area contributed by atoms with E-state index in [1.54, 1.807) is 25.1 Å². The number of aryl methyl sites for hydroxylation is 1. The van der Waals surface area contributed by atoms with Crippen LogP contribution in [-0.2, 0) is 0 Å². The maximum absolute atomic E-state index is 13.2. The molecule has 0 aliphatic carbocycles. The number of hydrogen-bond donors (Lipinski definition) is 2. The second kappa shape index (κ2) is 8.06. The molecular formula is C21H23FN4O2. The van der Waals surface area contributed by atoms with E-state index in [-0.39, 0.29) is 11.7 Å². The van der Waals surface area contributed by atoms with Crippen molar-refractivity contribution in [2.24, 2.45) is 5.92 Å². The molecule has 1 saturated heterocycles. The van der Waals surface area contributed by atoms with Crippen LogP contribution in [0.3, 0.4) is 0 Å². The molecule has 3 heterocycles. The Balaban J connectivity index is 1.58. The van der Waals surface area contributed by atoms with E-state index < -0.39 is 0 Å². The Kier molecular flexibility index (Phi) is 5.34. The lowest BCUT2D eigenvalue weighted by atomic mass is 9.96. The highest BCUT2D eigenvalue weighted by Crippen LogP contribution is 2.27. The van der Waals surface area contributed by atoms with Gasteiger partial charge in [-0.2, -0.15) is 0 Å². The number of fused-ring (bicyclic) bond motifs is 1. The fourth-order valence-corrected chi connectivity index (χ4v) is 3.70. The number of carbonyl (C=O) groups excluding carboxylic acids is 1. The quantitative estimate of drug-likeness (QED) is 0.706. The predicted molar refractivity (Wildman–Crippen MR) is 104 cm³/mol. The number of nitrogens with zero attached hydrogens (tertiary/aromatic N) is 2. The van der Waals surface area contributed by atoms with Crippen LogP contribution in [0.4, 0.5) is 4.39 Å². The Morgan fingerprint density at radius 2 is 2.18 bits per heavy atom. The smallest absolute Gasteiger partial charge is 0.259 e. The van der Waals surface area contributed by atoms with Crippen LogP contribution in [0.5, 0.6) is 0 Å². The highest BCUT2D eigenvalue weighted by Gasteiger charge is 2.20. The van der Waals surface area contributed by atoms with Crippen molar-refractivity contribution in [2.45, 2.75) is 26.2 Å². The fraction of sp³-hybridized carbons (Fsp3) is 0.381. The second-order valence-electron chi connectivity index (χ2n) is 7.27. The van der Waals surface area contributed by atoms with Crippen molar-refractivity contribution in [2.75, 3.05) is 19.6 Å². The Hall–Kier alpha value is -2.80. The third-order valence-electron chi connectivity index (χ3n) is 5.24. The first-order valence-electron chi connectivity index (χ1n) is 9.63. The molecule has 0 bridgehead atoms. The van der Waals surface area contributed by atoms with Crippen molar-refractivity contribution < 1.29 is 13.7 Å². The molecule has 1 aliphatic heterocycles. The van der Waals surface area contributed by atoms with Crippen molar-refractivity contribution in [3.8, 4) is 11.3 Å². The number of pyridine rings is 1. The SMILES string of the molecule is Cc1noc2nc(-c3ccc(F)cc3)cc(C(=O)NCCC3CCCNC3)c12. The third kappa shape index (κ3) is 3.89. The molecule has 1 aliphatic rings. The predicted octanol–water partition coefficient (Wildman–Crippen LogP) is 3.46. The van der Waals surface area contributed by atoms with E-state index in [1.807, 2.05) is 0 Å². The topological polar surface area (TPSA) is 80.0 Å². The van der Waals surface area contributed by atoms with E-state index in [1.165, 1.54) is 25.0 Å². The van der Waals surface area contributed by atoms with Gasteiger partial charge in [0.15, 0.2) is 0 Å². The first kappa shape index (κ1) is 18.6. The van der Waals surface area contributed by atoms with Gasteiger partial charge in [0.25, 0.3) is 11.6 Å². The zero-order valence-corrected chi connectivity index (χ0v) is 15.8.